The lowest BCUT2D eigenvalue weighted by molar-refractivity contribution is 0.0571. The summed E-state index contributed by atoms with van der Waals surface area (Å²) in [6.07, 6.45) is 6.62. The van der Waals surface area contributed by atoms with Crippen LogP contribution in [-0.4, -0.2) is 36.6 Å². The lowest BCUT2D eigenvalue weighted by Crippen LogP contribution is -2.54. The first kappa shape index (κ1) is 16.0. The minimum Gasteiger partial charge on any atom is -0.313 e. The molecule has 0 radical (unpaired) electrons. The molecule has 2 atom stereocenters. The molecule has 1 rings (SSSR count). The van der Waals surface area contributed by atoms with Crippen LogP contribution in [0.4, 0.5) is 0 Å². The summed E-state index contributed by atoms with van der Waals surface area (Å²) in [6.45, 7) is 15.4. The predicted molar refractivity (Wildman–Crippen MR) is 81.0 cm³/mol. The van der Waals surface area contributed by atoms with Gasteiger partial charge in [-0.2, -0.15) is 0 Å². The van der Waals surface area contributed by atoms with Crippen molar-refractivity contribution in [3.05, 3.63) is 0 Å². The number of likely N-dealkylation sites (N-methyl/N-ethyl adjacent to an activating group) is 1. The Bertz CT molecular complexity index is 219. The van der Waals surface area contributed by atoms with Gasteiger partial charge in [-0.15, -0.1) is 0 Å². The first-order chi connectivity index (χ1) is 8.54. The van der Waals surface area contributed by atoms with E-state index in [1.165, 1.54) is 45.2 Å². The van der Waals surface area contributed by atoms with Gasteiger partial charge < -0.3 is 5.32 Å². The molecular formula is C16H34N2. The Morgan fingerprint density at radius 1 is 1.22 bits per heavy atom. The van der Waals surface area contributed by atoms with E-state index >= 15 is 0 Å². The van der Waals surface area contributed by atoms with E-state index in [4.69, 9.17) is 0 Å². The minimum absolute atomic E-state index is 0.509. The number of piperidine rings is 1. The van der Waals surface area contributed by atoms with Crippen molar-refractivity contribution in [1.29, 1.82) is 0 Å². The zero-order chi connectivity index (χ0) is 13.6. The molecule has 18 heavy (non-hydrogen) atoms. The second-order valence-corrected chi connectivity index (χ2v) is 6.67. The average Bonchev–Trinajstić information content (AvgIpc) is 2.29. The van der Waals surface area contributed by atoms with Gasteiger partial charge in [0.2, 0.25) is 0 Å². The van der Waals surface area contributed by atoms with E-state index < -0.39 is 0 Å². The fourth-order valence-corrected chi connectivity index (χ4v) is 3.55. The van der Waals surface area contributed by atoms with Crippen molar-refractivity contribution >= 4 is 0 Å². The smallest absolute Gasteiger partial charge is 0.0246 e. The lowest BCUT2D eigenvalue weighted by atomic mass is 9.82. The molecule has 1 aliphatic rings. The zero-order valence-electron chi connectivity index (χ0n) is 13.3. The molecule has 1 heterocycles. The van der Waals surface area contributed by atoms with E-state index in [-0.39, 0.29) is 0 Å². The summed E-state index contributed by atoms with van der Waals surface area (Å²) in [4.78, 5) is 2.76. The van der Waals surface area contributed by atoms with Gasteiger partial charge in [0.25, 0.3) is 0 Å². The molecule has 2 nitrogen and oxygen atoms in total. The van der Waals surface area contributed by atoms with E-state index in [1.54, 1.807) is 0 Å². The fourth-order valence-electron chi connectivity index (χ4n) is 3.55. The zero-order valence-corrected chi connectivity index (χ0v) is 13.3. The van der Waals surface area contributed by atoms with Gasteiger partial charge in [0.1, 0.15) is 0 Å². The Balaban J connectivity index is 2.67. The number of likely N-dealkylation sites (tertiary alicyclic amines) is 1. The van der Waals surface area contributed by atoms with Gasteiger partial charge in [0.05, 0.1) is 0 Å². The highest BCUT2D eigenvalue weighted by Crippen LogP contribution is 2.31. The molecule has 1 N–H and O–H groups in total. The molecule has 2 unspecified atom stereocenters. The molecule has 0 bridgehead atoms. The number of hydrogen-bond donors (Lipinski definition) is 1. The summed E-state index contributed by atoms with van der Waals surface area (Å²) in [7, 11) is 0. The highest BCUT2D eigenvalue weighted by atomic mass is 15.2. The Morgan fingerprint density at radius 2 is 1.94 bits per heavy atom. The van der Waals surface area contributed by atoms with Crippen molar-refractivity contribution in [1.82, 2.24) is 10.2 Å². The molecule has 0 aromatic rings. The highest BCUT2D eigenvalue weighted by molar-refractivity contribution is 4.89. The third kappa shape index (κ3) is 4.55. The second kappa shape index (κ2) is 7.49. The molecule has 0 saturated carbocycles. The number of nitrogens with zero attached hydrogens (tertiary/aromatic N) is 1. The van der Waals surface area contributed by atoms with E-state index in [1.807, 2.05) is 0 Å². The van der Waals surface area contributed by atoms with Crippen LogP contribution in [0.3, 0.4) is 0 Å². The standard InChI is InChI=1S/C16H34N2/c1-6-10-14(17-8-3)15(7-2)18-12-9-11-16(4,5)13-18/h14-15,17H,6-13H2,1-5H3. The number of hydrogen-bond acceptors (Lipinski definition) is 2. The molecule has 0 spiro atoms. The lowest BCUT2D eigenvalue weighted by Gasteiger charge is -2.45. The minimum atomic E-state index is 0.509. The molecule has 108 valence electrons. The maximum atomic E-state index is 3.72. The van der Waals surface area contributed by atoms with E-state index in [9.17, 15) is 0 Å². The quantitative estimate of drug-likeness (QED) is 0.746. The predicted octanol–water partition coefficient (Wildman–Crippen LogP) is 3.67. The van der Waals surface area contributed by atoms with Crippen LogP contribution in [0.1, 0.15) is 66.7 Å². The average molecular weight is 254 g/mol. The maximum absolute atomic E-state index is 3.72. The van der Waals surface area contributed by atoms with E-state index in [0.717, 1.165) is 12.6 Å². The van der Waals surface area contributed by atoms with Crippen LogP contribution in [0.2, 0.25) is 0 Å². The van der Waals surface area contributed by atoms with Crippen molar-refractivity contribution in [3.8, 4) is 0 Å². The van der Waals surface area contributed by atoms with E-state index in [0.29, 0.717) is 11.5 Å². The third-order valence-electron chi connectivity index (χ3n) is 4.35. The normalized spacial score (nSPS) is 23.8. The van der Waals surface area contributed by atoms with Gasteiger partial charge in [-0.25, -0.2) is 0 Å². The molecule has 0 aliphatic carbocycles. The van der Waals surface area contributed by atoms with Crippen LogP contribution < -0.4 is 5.32 Å². The van der Waals surface area contributed by atoms with Gasteiger partial charge in [0, 0.05) is 18.6 Å². The van der Waals surface area contributed by atoms with Crippen molar-refractivity contribution in [3.63, 3.8) is 0 Å². The second-order valence-electron chi connectivity index (χ2n) is 6.67. The first-order valence-corrected chi connectivity index (χ1v) is 8.01. The Morgan fingerprint density at radius 3 is 2.44 bits per heavy atom. The van der Waals surface area contributed by atoms with Gasteiger partial charge >= 0.3 is 0 Å². The summed E-state index contributed by atoms with van der Waals surface area (Å²) >= 11 is 0. The molecule has 0 aromatic carbocycles. The molecule has 0 aromatic heterocycles. The van der Waals surface area contributed by atoms with Crippen LogP contribution >= 0.6 is 0 Å². The largest absolute Gasteiger partial charge is 0.313 e. The van der Waals surface area contributed by atoms with E-state index in [2.05, 4.69) is 44.8 Å². The molecule has 0 amide bonds. The summed E-state index contributed by atoms with van der Waals surface area (Å²) < 4.78 is 0. The Kier molecular flexibility index (Phi) is 6.65. The van der Waals surface area contributed by atoms with Crippen molar-refractivity contribution in [2.24, 2.45) is 5.41 Å². The van der Waals surface area contributed by atoms with Crippen molar-refractivity contribution < 1.29 is 0 Å². The number of nitrogens with one attached hydrogen (secondary N) is 1. The van der Waals surface area contributed by atoms with Crippen LogP contribution in [-0.2, 0) is 0 Å². The van der Waals surface area contributed by atoms with Crippen LogP contribution in [0, 0.1) is 5.41 Å². The Labute approximate surface area is 115 Å². The van der Waals surface area contributed by atoms with Gasteiger partial charge in [-0.3, -0.25) is 4.90 Å². The van der Waals surface area contributed by atoms with Crippen LogP contribution in [0.15, 0.2) is 0 Å². The van der Waals surface area contributed by atoms with Crippen LogP contribution in [0.25, 0.3) is 0 Å². The summed E-state index contributed by atoms with van der Waals surface area (Å²) in [5.74, 6) is 0. The van der Waals surface area contributed by atoms with Gasteiger partial charge in [-0.1, -0.05) is 41.0 Å². The monoisotopic (exact) mass is 254 g/mol. The Hall–Kier alpha value is -0.0800. The summed E-state index contributed by atoms with van der Waals surface area (Å²) in [6, 6.07) is 1.41. The molecule has 1 saturated heterocycles. The molecular weight excluding hydrogens is 220 g/mol. The summed E-state index contributed by atoms with van der Waals surface area (Å²) in [5, 5.41) is 3.72. The number of rotatable bonds is 7. The third-order valence-corrected chi connectivity index (χ3v) is 4.35. The summed E-state index contributed by atoms with van der Waals surface area (Å²) in [5.41, 5.74) is 0.509. The maximum Gasteiger partial charge on any atom is 0.0246 e. The van der Waals surface area contributed by atoms with Gasteiger partial charge in [0.15, 0.2) is 0 Å². The topological polar surface area (TPSA) is 15.3 Å². The first-order valence-electron chi connectivity index (χ1n) is 8.01. The SMILES string of the molecule is CCCC(NCC)C(CC)N1CCCC(C)(C)C1. The fraction of sp³-hybridized carbons (Fsp3) is 1.00. The van der Waals surface area contributed by atoms with Crippen molar-refractivity contribution in [2.75, 3.05) is 19.6 Å². The van der Waals surface area contributed by atoms with Crippen LogP contribution in [0.5, 0.6) is 0 Å². The molecule has 2 heteroatoms. The molecule has 1 fully saturated rings. The van der Waals surface area contributed by atoms with Crippen molar-refractivity contribution in [2.45, 2.75) is 78.8 Å². The molecule has 1 aliphatic heterocycles. The highest BCUT2D eigenvalue weighted by Gasteiger charge is 2.32. The van der Waals surface area contributed by atoms with Gasteiger partial charge in [-0.05, 0) is 44.2 Å².